The van der Waals surface area contributed by atoms with Crippen molar-refractivity contribution in [3.8, 4) is 0 Å². The fourth-order valence-electron chi connectivity index (χ4n) is 2.40. The largest absolute Gasteiger partial charge is 0.103 e. The predicted octanol–water partition coefficient (Wildman–Crippen LogP) is 6.08. The van der Waals surface area contributed by atoms with Gasteiger partial charge < -0.3 is 0 Å². The molecule has 0 aromatic heterocycles. The highest BCUT2D eigenvalue weighted by atomic mass is 14.2. The monoisotopic (exact) mass is 238 g/mol. The van der Waals surface area contributed by atoms with Crippen molar-refractivity contribution in [3.63, 3.8) is 0 Å². The summed E-state index contributed by atoms with van der Waals surface area (Å²) in [5.41, 5.74) is 0. The third-order valence-corrected chi connectivity index (χ3v) is 4.35. The van der Waals surface area contributed by atoms with E-state index in [0.717, 1.165) is 17.8 Å². The molecule has 0 heterocycles. The van der Waals surface area contributed by atoms with Gasteiger partial charge in [0.25, 0.3) is 0 Å². The topological polar surface area (TPSA) is 0 Å². The number of hydrogen-bond acceptors (Lipinski definition) is 0. The van der Waals surface area contributed by atoms with Crippen LogP contribution in [-0.4, -0.2) is 0 Å². The standard InChI is InChI=1S/C17H34/c1-7-9-15(4)11-13-17(6)16(5)12-10-14(3)8-2/h8,14-17H,2,7,9-13H2,1,3-6H3. The van der Waals surface area contributed by atoms with Crippen LogP contribution in [0.3, 0.4) is 0 Å². The van der Waals surface area contributed by atoms with E-state index in [-0.39, 0.29) is 0 Å². The molecule has 0 aliphatic heterocycles. The van der Waals surface area contributed by atoms with Crippen LogP contribution >= 0.6 is 0 Å². The van der Waals surface area contributed by atoms with E-state index in [1.807, 2.05) is 0 Å². The van der Waals surface area contributed by atoms with Crippen LogP contribution in [0.15, 0.2) is 12.7 Å². The van der Waals surface area contributed by atoms with E-state index in [9.17, 15) is 0 Å². The Morgan fingerprint density at radius 2 is 1.35 bits per heavy atom. The van der Waals surface area contributed by atoms with Crippen molar-refractivity contribution >= 4 is 0 Å². The summed E-state index contributed by atoms with van der Waals surface area (Å²) in [6, 6.07) is 0. The minimum absolute atomic E-state index is 0.684. The molecule has 0 N–H and O–H groups in total. The highest BCUT2D eigenvalue weighted by molar-refractivity contribution is 4.76. The van der Waals surface area contributed by atoms with Gasteiger partial charge in [0, 0.05) is 0 Å². The molecule has 0 bridgehead atoms. The first-order valence-electron chi connectivity index (χ1n) is 7.63. The molecule has 0 aliphatic rings. The molecule has 4 unspecified atom stereocenters. The summed E-state index contributed by atoms with van der Waals surface area (Å²) in [4.78, 5) is 0. The zero-order chi connectivity index (χ0) is 13.3. The minimum Gasteiger partial charge on any atom is -0.103 e. The van der Waals surface area contributed by atoms with Crippen LogP contribution in [0.25, 0.3) is 0 Å². The van der Waals surface area contributed by atoms with Crippen molar-refractivity contribution in [1.29, 1.82) is 0 Å². The molecule has 0 nitrogen and oxygen atoms in total. The molecule has 0 aliphatic carbocycles. The van der Waals surface area contributed by atoms with Crippen molar-refractivity contribution < 1.29 is 0 Å². The molecule has 0 amide bonds. The fraction of sp³-hybridized carbons (Fsp3) is 0.882. The number of rotatable bonds is 10. The zero-order valence-electron chi connectivity index (χ0n) is 12.8. The van der Waals surface area contributed by atoms with Gasteiger partial charge in [0.15, 0.2) is 0 Å². The van der Waals surface area contributed by atoms with Crippen molar-refractivity contribution in [3.05, 3.63) is 12.7 Å². The average molecular weight is 238 g/mol. The highest BCUT2D eigenvalue weighted by Gasteiger charge is 2.14. The van der Waals surface area contributed by atoms with Crippen molar-refractivity contribution in [2.75, 3.05) is 0 Å². The Hall–Kier alpha value is -0.260. The molecule has 17 heavy (non-hydrogen) atoms. The van der Waals surface area contributed by atoms with E-state index >= 15 is 0 Å². The SMILES string of the molecule is C=CC(C)CCC(C)C(C)CCC(C)CCC. The van der Waals surface area contributed by atoms with E-state index in [0.29, 0.717) is 5.92 Å². The van der Waals surface area contributed by atoms with E-state index < -0.39 is 0 Å². The minimum atomic E-state index is 0.684. The molecule has 0 fully saturated rings. The van der Waals surface area contributed by atoms with Gasteiger partial charge in [0.1, 0.15) is 0 Å². The maximum atomic E-state index is 3.86. The maximum absolute atomic E-state index is 3.86. The molecule has 0 radical (unpaired) electrons. The van der Waals surface area contributed by atoms with Crippen molar-refractivity contribution in [2.24, 2.45) is 23.7 Å². The van der Waals surface area contributed by atoms with Gasteiger partial charge in [-0.2, -0.15) is 0 Å². The van der Waals surface area contributed by atoms with E-state index in [1.54, 1.807) is 0 Å². The number of allylic oxidation sites excluding steroid dienone is 1. The Morgan fingerprint density at radius 1 is 0.824 bits per heavy atom. The van der Waals surface area contributed by atoms with Gasteiger partial charge >= 0.3 is 0 Å². The highest BCUT2D eigenvalue weighted by Crippen LogP contribution is 2.26. The van der Waals surface area contributed by atoms with Crippen LogP contribution in [0.2, 0.25) is 0 Å². The smallest absolute Gasteiger partial charge is 0.0265 e. The Morgan fingerprint density at radius 3 is 1.82 bits per heavy atom. The van der Waals surface area contributed by atoms with Crippen LogP contribution in [-0.2, 0) is 0 Å². The molecule has 0 heteroatoms. The van der Waals surface area contributed by atoms with Crippen LogP contribution in [0.1, 0.15) is 73.1 Å². The summed E-state index contributed by atoms with van der Waals surface area (Å²) in [6.07, 6.45) is 10.3. The first-order chi connectivity index (χ1) is 8.01. The lowest BCUT2D eigenvalue weighted by molar-refractivity contribution is 0.299. The average Bonchev–Trinajstić information content (AvgIpc) is 2.32. The first-order valence-corrected chi connectivity index (χ1v) is 7.63. The Bertz CT molecular complexity index is 182. The third kappa shape index (κ3) is 8.46. The van der Waals surface area contributed by atoms with Gasteiger partial charge in [-0.15, -0.1) is 6.58 Å². The normalized spacial score (nSPS) is 18.4. The van der Waals surface area contributed by atoms with Gasteiger partial charge in [-0.05, 0) is 36.5 Å². The predicted molar refractivity (Wildman–Crippen MR) is 80.2 cm³/mol. The van der Waals surface area contributed by atoms with Gasteiger partial charge in [0.05, 0.1) is 0 Å². The summed E-state index contributed by atoms with van der Waals surface area (Å²) >= 11 is 0. The Kier molecular flexibility index (Phi) is 9.59. The molecule has 0 aromatic carbocycles. The summed E-state index contributed by atoms with van der Waals surface area (Å²) in [7, 11) is 0. The lowest BCUT2D eigenvalue weighted by Crippen LogP contribution is -2.10. The molecule has 0 aromatic rings. The van der Waals surface area contributed by atoms with Gasteiger partial charge in [-0.1, -0.05) is 66.4 Å². The lowest BCUT2D eigenvalue weighted by atomic mass is 9.84. The molecule has 0 saturated heterocycles. The van der Waals surface area contributed by atoms with Crippen LogP contribution in [0.5, 0.6) is 0 Å². The van der Waals surface area contributed by atoms with E-state index in [2.05, 4.69) is 47.3 Å². The second kappa shape index (κ2) is 9.74. The molecule has 0 saturated carbocycles. The summed E-state index contributed by atoms with van der Waals surface area (Å²) in [5.74, 6) is 3.35. The fourth-order valence-corrected chi connectivity index (χ4v) is 2.40. The molecule has 0 rings (SSSR count). The summed E-state index contributed by atoms with van der Waals surface area (Å²) < 4.78 is 0. The Labute approximate surface area is 110 Å². The quantitative estimate of drug-likeness (QED) is 0.405. The van der Waals surface area contributed by atoms with Gasteiger partial charge in [-0.25, -0.2) is 0 Å². The van der Waals surface area contributed by atoms with Gasteiger partial charge in [-0.3, -0.25) is 0 Å². The van der Waals surface area contributed by atoms with Crippen molar-refractivity contribution in [2.45, 2.75) is 73.1 Å². The second-order valence-electron chi connectivity index (χ2n) is 6.22. The zero-order valence-corrected chi connectivity index (χ0v) is 12.8. The van der Waals surface area contributed by atoms with E-state index in [4.69, 9.17) is 0 Å². The maximum Gasteiger partial charge on any atom is -0.0265 e. The van der Waals surface area contributed by atoms with Gasteiger partial charge in [0.2, 0.25) is 0 Å². The molecule has 102 valence electrons. The van der Waals surface area contributed by atoms with Crippen LogP contribution < -0.4 is 0 Å². The number of hydrogen-bond donors (Lipinski definition) is 0. The third-order valence-electron chi connectivity index (χ3n) is 4.35. The van der Waals surface area contributed by atoms with Crippen LogP contribution in [0.4, 0.5) is 0 Å². The van der Waals surface area contributed by atoms with Crippen LogP contribution in [0, 0.1) is 23.7 Å². The molecular weight excluding hydrogens is 204 g/mol. The summed E-state index contributed by atoms with van der Waals surface area (Å²) in [5, 5.41) is 0. The summed E-state index contributed by atoms with van der Waals surface area (Å²) in [6.45, 7) is 15.7. The molecule has 0 spiro atoms. The van der Waals surface area contributed by atoms with E-state index in [1.165, 1.54) is 38.5 Å². The lowest BCUT2D eigenvalue weighted by Gasteiger charge is -2.22. The first kappa shape index (κ1) is 16.7. The Balaban J connectivity index is 3.73. The molecule has 4 atom stereocenters. The molecular formula is C17H34. The van der Waals surface area contributed by atoms with Crippen molar-refractivity contribution in [1.82, 2.24) is 0 Å². The second-order valence-corrected chi connectivity index (χ2v) is 6.22.